The fourth-order valence-electron chi connectivity index (χ4n) is 7.36. The average Bonchev–Trinajstić information content (AvgIpc) is 3.29. The van der Waals surface area contributed by atoms with Gasteiger partial charge in [0, 0.05) is 28.3 Å². The summed E-state index contributed by atoms with van der Waals surface area (Å²) < 4.78 is 0. The first kappa shape index (κ1) is 34.4. The molecular weight excluding hydrogens is 677 g/mol. The summed E-state index contributed by atoms with van der Waals surface area (Å²) in [4.78, 5) is 2.37. The predicted molar refractivity (Wildman–Crippen MR) is 238 cm³/mol. The third-order valence-corrected chi connectivity index (χ3v) is 10.3. The molecule has 0 atom stereocenters. The van der Waals surface area contributed by atoms with Crippen molar-refractivity contribution in [2.75, 3.05) is 10.2 Å². The number of benzene rings is 9. The van der Waals surface area contributed by atoms with E-state index in [9.17, 15) is 0 Å². The quantitative estimate of drug-likeness (QED) is 0.152. The molecule has 0 spiro atoms. The van der Waals surface area contributed by atoms with Crippen LogP contribution in [0.15, 0.2) is 237 Å². The second kappa shape index (κ2) is 15.9. The zero-order valence-electron chi connectivity index (χ0n) is 31.0. The van der Waals surface area contributed by atoms with E-state index >= 15 is 0 Å². The lowest BCUT2D eigenvalue weighted by Crippen LogP contribution is -2.11. The van der Waals surface area contributed by atoms with Crippen LogP contribution in [0.2, 0.25) is 0 Å². The molecular formula is C54H40N2. The third-order valence-electron chi connectivity index (χ3n) is 10.3. The second-order valence-electron chi connectivity index (χ2n) is 13.9. The van der Waals surface area contributed by atoms with Gasteiger partial charge < -0.3 is 10.2 Å². The number of hydrogen-bond acceptors (Lipinski definition) is 2. The molecule has 266 valence electrons. The van der Waals surface area contributed by atoms with Crippen molar-refractivity contribution in [2.24, 2.45) is 0 Å². The molecule has 0 aromatic heterocycles. The van der Waals surface area contributed by atoms with Crippen LogP contribution in [-0.2, 0) is 0 Å². The number of nitrogens with one attached hydrogen (secondary N) is 1. The van der Waals surface area contributed by atoms with Crippen LogP contribution in [0.25, 0.3) is 55.6 Å². The second-order valence-corrected chi connectivity index (χ2v) is 13.9. The van der Waals surface area contributed by atoms with E-state index in [1.165, 1.54) is 50.1 Å². The first-order valence-electron chi connectivity index (χ1n) is 19.1. The van der Waals surface area contributed by atoms with E-state index < -0.39 is 0 Å². The number of anilines is 5. The Morgan fingerprint density at radius 1 is 0.250 bits per heavy atom. The van der Waals surface area contributed by atoms with Crippen LogP contribution in [0.1, 0.15) is 0 Å². The van der Waals surface area contributed by atoms with Crippen LogP contribution >= 0.6 is 0 Å². The molecule has 0 unspecified atom stereocenters. The summed E-state index contributed by atoms with van der Waals surface area (Å²) in [6.45, 7) is 0. The molecule has 56 heavy (non-hydrogen) atoms. The SMILES string of the molecule is c1ccc(-c2ccc(Nc3ccc(-c4cccc(-c5ccc(N(c6ccccc6)c6ccc(-c7ccccc7)cc6)c(-c6ccccc6)c5)c4)cc3)cc2)cc1. The topological polar surface area (TPSA) is 15.3 Å². The summed E-state index contributed by atoms with van der Waals surface area (Å²) in [5.74, 6) is 0. The minimum Gasteiger partial charge on any atom is -0.356 e. The van der Waals surface area contributed by atoms with Crippen LogP contribution in [0.4, 0.5) is 28.4 Å². The molecule has 0 saturated heterocycles. The fourth-order valence-corrected chi connectivity index (χ4v) is 7.36. The smallest absolute Gasteiger partial charge is 0.0540 e. The Balaban J connectivity index is 1.03. The van der Waals surface area contributed by atoms with Gasteiger partial charge in [-0.1, -0.05) is 170 Å². The van der Waals surface area contributed by atoms with Crippen LogP contribution in [-0.4, -0.2) is 0 Å². The van der Waals surface area contributed by atoms with E-state index in [0.29, 0.717) is 0 Å². The number of rotatable bonds is 10. The Morgan fingerprint density at radius 3 is 1.14 bits per heavy atom. The zero-order chi connectivity index (χ0) is 37.5. The number of nitrogens with zero attached hydrogens (tertiary/aromatic N) is 1. The molecule has 0 aliphatic carbocycles. The summed E-state index contributed by atoms with van der Waals surface area (Å²) in [5.41, 5.74) is 17.3. The molecule has 0 radical (unpaired) electrons. The first-order chi connectivity index (χ1) is 27.7. The van der Waals surface area contributed by atoms with E-state index in [0.717, 1.165) is 34.0 Å². The van der Waals surface area contributed by atoms with E-state index in [4.69, 9.17) is 0 Å². The largest absolute Gasteiger partial charge is 0.356 e. The highest BCUT2D eigenvalue weighted by atomic mass is 15.1. The standard InChI is InChI=1S/C54H40N2/c1-5-14-40(15-6-1)42-24-31-49(32-25-42)55-50-33-26-44(27-34-50)46-20-13-21-47(38-46)48-30-37-54(53(39-48)45-18-9-3-10-19-45)56(51-22-11-4-12-23-51)52-35-28-43(29-36-52)41-16-7-2-8-17-41/h1-39,55H. The van der Waals surface area contributed by atoms with Gasteiger partial charge in [-0.15, -0.1) is 0 Å². The van der Waals surface area contributed by atoms with Crippen molar-refractivity contribution in [1.82, 2.24) is 0 Å². The molecule has 0 fully saturated rings. The van der Waals surface area contributed by atoms with Crippen molar-refractivity contribution in [3.63, 3.8) is 0 Å². The van der Waals surface area contributed by atoms with E-state index in [1.807, 2.05) is 6.07 Å². The molecule has 0 bridgehead atoms. The Bertz CT molecular complexity index is 2650. The third kappa shape index (κ3) is 7.50. The number of hydrogen-bond donors (Lipinski definition) is 1. The lowest BCUT2D eigenvalue weighted by molar-refractivity contribution is 1.28. The Morgan fingerprint density at radius 2 is 0.607 bits per heavy atom. The fraction of sp³-hybridized carbons (Fsp3) is 0. The van der Waals surface area contributed by atoms with Crippen LogP contribution in [0.5, 0.6) is 0 Å². The molecule has 9 aromatic rings. The van der Waals surface area contributed by atoms with Gasteiger partial charge in [0.05, 0.1) is 5.69 Å². The maximum absolute atomic E-state index is 3.56. The molecule has 9 rings (SSSR count). The van der Waals surface area contributed by atoms with Gasteiger partial charge in [-0.2, -0.15) is 0 Å². The highest BCUT2D eigenvalue weighted by Gasteiger charge is 2.18. The van der Waals surface area contributed by atoms with Crippen molar-refractivity contribution in [3.8, 4) is 55.6 Å². The maximum atomic E-state index is 3.56. The molecule has 0 saturated carbocycles. The minimum absolute atomic E-state index is 1.05. The molecule has 9 aromatic carbocycles. The molecule has 0 aliphatic heterocycles. The molecule has 1 N–H and O–H groups in total. The predicted octanol–water partition coefficient (Wildman–Crippen LogP) is 15.2. The van der Waals surface area contributed by atoms with E-state index in [2.05, 4.69) is 241 Å². The lowest BCUT2D eigenvalue weighted by atomic mass is 9.94. The van der Waals surface area contributed by atoms with Crippen molar-refractivity contribution in [2.45, 2.75) is 0 Å². The van der Waals surface area contributed by atoms with Gasteiger partial charge in [0.2, 0.25) is 0 Å². The summed E-state index contributed by atoms with van der Waals surface area (Å²) in [5, 5.41) is 3.56. The highest BCUT2D eigenvalue weighted by molar-refractivity contribution is 5.91. The van der Waals surface area contributed by atoms with Crippen molar-refractivity contribution >= 4 is 28.4 Å². The van der Waals surface area contributed by atoms with Gasteiger partial charge in [0.15, 0.2) is 0 Å². The molecule has 0 amide bonds. The summed E-state index contributed by atoms with van der Waals surface area (Å²) in [6.07, 6.45) is 0. The van der Waals surface area contributed by atoms with E-state index in [-0.39, 0.29) is 0 Å². The zero-order valence-corrected chi connectivity index (χ0v) is 31.0. The highest BCUT2D eigenvalue weighted by Crippen LogP contribution is 2.43. The normalized spacial score (nSPS) is 10.9. The summed E-state index contributed by atoms with van der Waals surface area (Å²) in [7, 11) is 0. The van der Waals surface area contributed by atoms with Crippen molar-refractivity contribution in [3.05, 3.63) is 237 Å². The van der Waals surface area contributed by atoms with Gasteiger partial charge in [0.1, 0.15) is 0 Å². The van der Waals surface area contributed by atoms with Gasteiger partial charge >= 0.3 is 0 Å². The maximum Gasteiger partial charge on any atom is 0.0540 e. The number of para-hydroxylation sites is 1. The van der Waals surface area contributed by atoms with Crippen molar-refractivity contribution < 1.29 is 0 Å². The Kier molecular flexibility index (Phi) is 9.75. The molecule has 0 aliphatic rings. The molecule has 2 heteroatoms. The summed E-state index contributed by atoms with van der Waals surface area (Å²) in [6, 6.07) is 84.3. The van der Waals surface area contributed by atoms with Crippen LogP contribution in [0.3, 0.4) is 0 Å². The van der Waals surface area contributed by atoms with Gasteiger partial charge in [-0.05, 0) is 117 Å². The average molecular weight is 717 g/mol. The van der Waals surface area contributed by atoms with Gasteiger partial charge in [-0.3, -0.25) is 0 Å². The molecule has 0 heterocycles. The van der Waals surface area contributed by atoms with Gasteiger partial charge in [-0.25, -0.2) is 0 Å². The minimum atomic E-state index is 1.05. The van der Waals surface area contributed by atoms with Crippen LogP contribution in [0, 0.1) is 0 Å². The summed E-state index contributed by atoms with van der Waals surface area (Å²) >= 11 is 0. The van der Waals surface area contributed by atoms with E-state index in [1.54, 1.807) is 0 Å². The van der Waals surface area contributed by atoms with Crippen LogP contribution < -0.4 is 10.2 Å². The van der Waals surface area contributed by atoms with Gasteiger partial charge in [0.25, 0.3) is 0 Å². The monoisotopic (exact) mass is 716 g/mol. The Labute approximate surface area is 329 Å². The lowest BCUT2D eigenvalue weighted by Gasteiger charge is -2.28. The molecule has 2 nitrogen and oxygen atoms in total. The first-order valence-corrected chi connectivity index (χ1v) is 19.1. The van der Waals surface area contributed by atoms with Crippen molar-refractivity contribution in [1.29, 1.82) is 0 Å². The Hall–Kier alpha value is -7.42.